The van der Waals surface area contributed by atoms with Gasteiger partial charge in [0.25, 0.3) is 0 Å². The average Bonchev–Trinajstić information content (AvgIpc) is 2.49. The van der Waals surface area contributed by atoms with Crippen LogP contribution in [0.25, 0.3) is 0 Å². The van der Waals surface area contributed by atoms with E-state index in [1.165, 1.54) is 0 Å². The number of hydrogen-bond acceptors (Lipinski definition) is 4. The summed E-state index contributed by atoms with van der Waals surface area (Å²) in [7, 11) is 0. The number of nitrogens with one attached hydrogen (secondary N) is 1. The van der Waals surface area contributed by atoms with Crippen LogP contribution in [0.5, 0.6) is 0 Å². The van der Waals surface area contributed by atoms with Gasteiger partial charge in [0, 0.05) is 6.54 Å². The molecule has 5 nitrogen and oxygen atoms in total. The van der Waals surface area contributed by atoms with E-state index in [9.17, 15) is 15.0 Å². The third-order valence-electron chi connectivity index (χ3n) is 4.33. The molecule has 0 aliphatic heterocycles. The van der Waals surface area contributed by atoms with Crippen LogP contribution in [0, 0.1) is 5.92 Å². The molecule has 0 amide bonds. The van der Waals surface area contributed by atoms with Gasteiger partial charge in [0.2, 0.25) is 0 Å². The Kier molecular flexibility index (Phi) is 5.33. The van der Waals surface area contributed by atoms with Crippen molar-refractivity contribution < 1.29 is 20.1 Å². The molecule has 0 radical (unpaired) electrons. The van der Waals surface area contributed by atoms with Crippen LogP contribution in [-0.4, -0.2) is 40.0 Å². The number of benzene rings is 1. The second-order valence-electron chi connectivity index (χ2n) is 5.86. The van der Waals surface area contributed by atoms with Gasteiger partial charge in [0.1, 0.15) is 0 Å². The molecule has 1 aromatic carbocycles. The topological polar surface area (TPSA) is 89.8 Å². The van der Waals surface area contributed by atoms with E-state index in [1.807, 2.05) is 30.3 Å². The molecule has 0 saturated heterocycles. The molecule has 1 unspecified atom stereocenters. The van der Waals surface area contributed by atoms with Gasteiger partial charge < -0.3 is 20.6 Å². The van der Waals surface area contributed by atoms with E-state index >= 15 is 0 Å². The number of aliphatic carboxylic acids is 1. The van der Waals surface area contributed by atoms with Gasteiger partial charge >= 0.3 is 5.97 Å². The van der Waals surface area contributed by atoms with E-state index in [1.54, 1.807) is 0 Å². The summed E-state index contributed by atoms with van der Waals surface area (Å²) >= 11 is 0. The Hall–Kier alpha value is -1.43. The highest BCUT2D eigenvalue weighted by Crippen LogP contribution is 2.32. The summed E-state index contributed by atoms with van der Waals surface area (Å²) in [5.74, 6) is -1.12. The van der Waals surface area contributed by atoms with Gasteiger partial charge in [-0.1, -0.05) is 30.3 Å². The first-order chi connectivity index (χ1) is 10.0. The molecule has 21 heavy (non-hydrogen) atoms. The van der Waals surface area contributed by atoms with Crippen molar-refractivity contribution in [3.8, 4) is 0 Å². The fraction of sp³-hybridized carbons (Fsp3) is 0.562. The zero-order valence-electron chi connectivity index (χ0n) is 12.0. The number of aliphatic hydroxyl groups excluding tert-OH is 1. The highest BCUT2D eigenvalue weighted by atomic mass is 16.4. The molecule has 116 valence electrons. The van der Waals surface area contributed by atoms with Crippen LogP contribution in [0.2, 0.25) is 0 Å². The van der Waals surface area contributed by atoms with Gasteiger partial charge in [-0.05, 0) is 31.2 Å². The smallest absolute Gasteiger partial charge is 0.306 e. The van der Waals surface area contributed by atoms with E-state index in [0.29, 0.717) is 32.2 Å². The van der Waals surface area contributed by atoms with Gasteiger partial charge in [0.05, 0.1) is 24.2 Å². The number of aliphatic hydroxyl groups is 2. The molecule has 1 aromatic rings. The van der Waals surface area contributed by atoms with Gasteiger partial charge in [-0.15, -0.1) is 0 Å². The maximum absolute atomic E-state index is 10.9. The molecule has 1 aliphatic rings. The molecule has 0 aromatic heterocycles. The van der Waals surface area contributed by atoms with Gasteiger partial charge in [-0.3, -0.25) is 4.79 Å². The summed E-state index contributed by atoms with van der Waals surface area (Å²) < 4.78 is 0. The van der Waals surface area contributed by atoms with Crippen molar-refractivity contribution in [1.29, 1.82) is 0 Å². The molecule has 1 fully saturated rings. The molecule has 0 bridgehead atoms. The summed E-state index contributed by atoms with van der Waals surface area (Å²) in [5.41, 5.74) is 0.0940. The van der Waals surface area contributed by atoms with Crippen LogP contribution in [0.15, 0.2) is 30.3 Å². The number of hydrogen-bond donors (Lipinski definition) is 4. The van der Waals surface area contributed by atoms with Crippen molar-refractivity contribution in [1.82, 2.24) is 5.32 Å². The van der Waals surface area contributed by atoms with Crippen LogP contribution in [-0.2, 0) is 4.79 Å². The zero-order valence-corrected chi connectivity index (χ0v) is 12.0. The SMILES string of the molecule is O=C(O)C1CCC(O)(CNC(CO)c2ccccc2)CC1. The highest BCUT2D eigenvalue weighted by molar-refractivity contribution is 5.70. The largest absolute Gasteiger partial charge is 0.481 e. The number of carbonyl (C=O) groups is 1. The fourth-order valence-electron chi connectivity index (χ4n) is 2.87. The molecule has 0 heterocycles. The first kappa shape index (κ1) is 15.9. The van der Waals surface area contributed by atoms with Gasteiger partial charge in [-0.25, -0.2) is 0 Å². The van der Waals surface area contributed by atoms with Crippen LogP contribution < -0.4 is 5.32 Å². The number of carboxylic acids is 1. The molecule has 0 spiro atoms. The standard InChI is InChI=1S/C16H23NO4/c18-10-14(12-4-2-1-3-5-12)17-11-16(21)8-6-13(7-9-16)15(19)20/h1-5,13-14,17-18,21H,6-11H2,(H,19,20). The van der Waals surface area contributed by atoms with E-state index in [0.717, 1.165) is 5.56 Å². The van der Waals surface area contributed by atoms with Crippen LogP contribution in [0.4, 0.5) is 0 Å². The predicted molar refractivity (Wildman–Crippen MR) is 78.8 cm³/mol. The lowest BCUT2D eigenvalue weighted by atomic mass is 9.78. The van der Waals surface area contributed by atoms with E-state index in [4.69, 9.17) is 5.11 Å². The van der Waals surface area contributed by atoms with Gasteiger partial charge in [-0.2, -0.15) is 0 Å². The molecule has 5 heteroatoms. The zero-order chi connectivity index (χ0) is 15.3. The van der Waals surface area contributed by atoms with E-state index < -0.39 is 11.6 Å². The predicted octanol–water partition coefficient (Wildman–Crippen LogP) is 1.32. The number of rotatable bonds is 6. The molecule has 1 aliphatic carbocycles. The Morgan fingerprint density at radius 1 is 1.29 bits per heavy atom. The number of carboxylic acid groups (broad SMARTS) is 1. The summed E-state index contributed by atoms with van der Waals surface area (Å²) in [5, 5.41) is 32.2. The van der Waals surface area contributed by atoms with Crippen LogP contribution >= 0.6 is 0 Å². The lowest BCUT2D eigenvalue weighted by Crippen LogP contribution is -2.45. The first-order valence-electron chi connectivity index (χ1n) is 7.38. The Morgan fingerprint density at radius 2 is 1.90 bits per heavy atom. The fourth-order valence-corrected chi connectivity index (χ4v) is 2.87. The summed E-state index contributed by atoms with van der Waals surface area (Å²) in [6, 6.07) is 9.38. The molecule has 1 saturated carbocycles. The monoisotopic (exact) mass is 293 g/mol. The van der Waals surface area contributed by atoms with Crippen molar-refractivity contribution in [3.05, 3.63) is 35.9 Å². The minimum atomic E-state index is -0.881. The van der Waals surface area contributed by atoms with Crippen LogP contribution in [0.3, 0.4) is 0 Å². The van der Waals surface area contributed by atoms with Crippen molar-refractivity contribution in [2.75, 3.05) is 13.2 Å². The molecular weight excluding hydrogens is 270 g/mol. The van der Waals surface area contributed by atoms with E-state index in [2.05, 4.69) is 5.32 Å². The normalized spacial score (nSPS) is 27.2. The summed E-state index contributed by atoms with van der Waals surface area (Å²) in [6.07, 6.45) is 1.96. The van der Waals surface area contributed by atoms with E-state index in [-0.39, 0.29) is 18.6 Å². The molecule has 4 N–H and O–H groups in total. The Bertz CT molecular complexity index is 455. The Labute approximate surface area is 124 Å². The summed E-state index contributed by atoms with van der Waals surface area (Å²) in [4.78, 5) is 10.9. The van der Waals surface area contributed by atoms with Crippen molar-refractivity contribution in [2.45, 2.75) is 37.3 Å². The lowest BCUT2D eigenvalue weighted by Gasteiger charge is -2.36. The average molecular weight is 293 g/mol. The quantitative estimate of drug-likeness (QED) is 0.635. The second-order valence-corrected chi connectivity index (χ2v) is 5.86. The van der Waals surface area contributed by atoms with Gasteiger partial charge in [0.15, 0.2) is 0 Å². The first-order valence-corrected chi connectivity index (χ1v) is 7.38. The van der Waals surface area contributed by atoms with Crippen molar-refractivity contribution in [3.63, 3.8) is 0 Å². The minimum Gasteiger partial charge on any atom is -0.481 e. The Balaban J connectivity index is 1.88. The molecule has 1 atom stereocenters. The maximum Gasteiger partial charge on any atom is 0.306 e. The summed E-state index contributed by atoms with van der Waals surface area (Å²) in [6.45, 7) is 0.317. The maximum atomic E-state index is 10.9. The lowest BCUT2D eigenvalue weighted by molar-refractivity contribution is -0.144. The Morgan fingerprint density at radius 3 is 2.43 bits per heavy atom. The second kappa shape index (κ2) is 7.02. The highest BCUT2D eigenvalue weighted by Gasteiger charge is 2.35. The van der Waals surface area contributed by atoms with Crippen molar-refractivity contribution in [2.24, 2.45) is 5.92 Å². The van der Waals surface area contributed by atoms with Crippen LogP contribution in [0.1, 0.15) is 37.3 Å². The van der Waals surface area contributed by atoms with Crippen molar-refractivity contribution >= 4 is 5.97 Å². The molecular formula is C16H23NO4. The molecule has 2 rings (SSSR count). The third kappa shape index (κ3) is 4.27. The third-order valence-corrected chi connectivity index (χ3v) is 4.33. The minimum absolute atomic E-state index is 0.0438.